The van der Waals surface area contributed by atoms with E-state index in [1.54, 1.807) is 24.5 Å². The summed E-state index contributed by atoms with van der Waals surface area (Å²) in [5, 5.41) is 0.869. The topological polar surface area (TPSA) is 49.3 Å². The molecule has 0 unspecified atom stereocenters. The molecule has 1 saturated heterocycles. The first-order valence-electron chi connectivity index (χ1n) is 10.7. The van der Waals surface area contributed by atoms with Crippen LogP contribution in [0.5, 0.6) is 0 Å². The number of carbonyl (C=O) groups excluding carboxylic acids is 1. The molecule has 0 bridgehead atoms. The van der Waals surface area contributed by atoms with Crippen molar-refractivity contribution in [3.8, 4) is 11.3 Å². The molecule has 0 saturated carbocycles. The molecule has 160 valence electrons. The minimum atomic E-state index is -0.243. The summed E-state index contributed by atoms with van der Waals surface area (Å²) >= 11 is 0. The third kappa shape index (κ3) is 3.91. The van der Waals surface area contributed by atoms with E-state index in [2.05, 4.69) is 9.88 Å². The average molecular weight is 426 g/mol. The normalized spacial score (nSPS) is 14.1. The van der Waals surface area contributed by atoms with E-state index in [1.807, 2.05) is 48.2 Å². The lowest BCUT2D eigenvalue weighted by Crippen LogP contribution is -2.48. The van der Waals surface area contributed by atoms with Crippen molar-refractivity contribution in [1.29, 1.82) is 0 Å². The van der Waals surface area contributed by atoms with Gasteiger partial charge in [0.1, 0.15) is 5.82 Å². The van der Waals surface area contributed by atoms with Crippen molar-refractivity contribution in [3.05, 3.63) is 90.0 Å². The monoisotopic (exact) mass is 426 g/mol. The number of aryl methyl sites for hydroxylation is 1. The summed E-state index contributed by atoms with van der Waals surface area (Å²) in [6.07, 6.45) is 3.46. The lowest BCUT2D eigenvalue weighted by Gasteiger charge is -2.36. The van der Waals surface area contributed by atoms with E-state index in [9.17, 15) is 9.18 Å². The Morgan fingerprint density at radius 2 is 1.62 bits per heavy atom. The van der Waals surface area contributed by atoms with Crippen molar-refractivity contribution in [2.24, 2.45) is 0 Å². The number of pyridine rings is 2. The van der Waals surface area contributed by atoms with Crippen molar-refractivity contribution in [2.45, 2.75) is 6.92 Å². The van der Waals surface area contributed by atoms with E-state index < -0.39 is 0 Å². The average Bonchev–Trinajstić information content (AvgIpc) is 2.84. The van der Waals surface area contributed by atoms with Crippen LogP contribution < -0.4 is 4.90 Å². The Bertz CT molecular complexity index is 1270. The second-order valence-corrected chi connectivity index (χ2v) is 8.07. The van der Waals surface area contributed by atoms with Crippen LogP contribution in [0.15, 0.2) is 73.1 Å². The molecule has 1 aliphatic heterocycles. The zero-order chi connectivity index (χ0) is 22.1. The van der Waals surface area contributed by atoms with Gasteiger partial charge in [0.15, 0.2) is 0 Å². The molecule has 1 aliphatic rings. The maximum absolute atomic E-state index is 13.6. The molecule has 0 radical (unpaired) electrons. The molecule has 0 aliphatic carbocycles. The number of fused-ring (bicyclic) bond motifs is 1. The molecule has 1 amide bonds. The molecular weight excluding hydrogens is 403 g/mol. The van der Waals surface area contributed by atoms with Gasteiger partial charge >= 0.3 is 0 Å². The highest BCUT2D eigenvalue weighted by Gasteiger charge is 2.24. The predicted octanol–water partition coefficient (Wildman–Crippen LogP) is 4.71. The summed E-state index contributed by atoms with van der Waals surface area (Å²) in [5.41, 5.74) is 5.23. The number of benzene rings is 2. The van der Waals surface area contributed by atoms with Gasteiger partial charge in [0.05, 0.1) is 16.8 Å². The zero-order valence-corrected chi connectivity index (χ0v) is 17.8. The second-order valence-electron chi connectivity index (χ2n) is 8.07. The molecule has 2 aromatic heterocycles. The Kier molecular flexibility index (Phi) is 5.27. The highest BCUT2D eigenvalue weighted by atomic mass is 19.1. The van der Waals surface area contributed by atoms with E-state index >= 15 is 0 Å². The largest absolute Gasteiger partial charge is 0.368 e. The lowest BCUT2D eigenvalue weighted by molar-refractivity contribution is 0.0748. The molecular formula is C26H23FN4O. The SMILES string of the molecule is Cc1ccc2nc(-c3ccncc3)cc(C(=O)N3CCN(c4ccc(F)cc4)CC3)c2c1. The number of carbonyl (C=O) groups is 1. The fourth-order valence-electron chi connectivity index (χ4n) is 4.18. The molecule has 5 nitrogen and oxygen atoms in total. The third-order valence-electron chi connectivity index (χ3n) is 5.93. The Morgan fingerprint density at radius 1 is 0.906 bits per heavy atom. The lowest BCUT2D eigenvalue weighted by atomic mass is 10.0. The van der Waals surface area contributed by atoms with Crippen LogP contribution in [-0.4, -0.2) is 47.0 Å². The van der Waals surface area contributed by atoms with Gasteiger partial charge in [-0.25, -0.2) is 9.37 Å². The zero-order valence-electron chi connectivity index (χ0n) is 17.8. The summed E-state index contributed by atoms with van der Waals surface area (Å²) in [4.78, 5) is 26.6. The summed E-state index contributed by atoms with van der Waals surface area (Å²) in [7, 11) is 0. The molecule has 3 heterocycles. The number of aromatic nitrogens is 2. The summed E-state index contributed by atoms with van der Waals surface area (Å²) in [6, 6.07) is 18.2. The van der Waals surface area contributed by atoms with Gasteiger partial charge in [-0.05, 0) is 61.5 Å². The van der Waals surface area contributed by atoms with Crippen molar-refractivity contribution in [3.63, 3.8) is 0 Å². The van der Waals surface area contributed by atoms with Gasteiger partial charge < -0.3 is 9.80 Å². The van der Waals surface area contributed by atoms with Crippen LogP contribution in [0.3, 0.4) is 0 Å². The molecule has 4 aromatic rings. The Morgan fingerprint density at radius 3 is 2.34 bits per heavy atom. The summed E-state index contributed by atoms with van der Waals surface area (Å²) in [5.74, 6) is -0.232. The molecule has 0 N–H and O–H groups in total. The minimum Gasteiger partial charge on any atom is -0.368 e. The number of anilines is 1. The highest BCUT2D eigenvalue weighted by Crippen LogP contribution is 2.27. The third-order valence-corrected chi connectivity index (χ3v) is 5.93. The van der Waals surface area contributed by atoms with E-state index in [0.717, 1.165) is 33.4 Å². The number of hydrogen-bond acceptors (Lipinski definition) is 4. The van der Waals surface area contributed by atoms with E-state index in [-0.39, 0.29) is 11.7 Å². The molecule has 2 aromatic carbocycles. The van der Waals surface area contributed by atoms with Crippen molar-refractivity contribution >= 4 is 22.5 Å². The summed E-state index contributed by atoms with van der Waals surface area (Å²) < 4.78 is 13.2. The van der Waals surface area contributed by atoms with Gasteiger partial charge in [0.25, 0.3) is 5.91 Å². The Balaban J connectivity index is 1.45. The molecule has 1 fully saturated rings. The number of hydrogen-bond donors (Lipinski definition) is 0. The fourth-order valence-corrected chi connectivity index (χ4v) is 4.18. The molecule has 6 heteroatoms. The minimum absolute atomic E-state index is 0.0112. The van der Waals surface area contributed by atoms with Crippen LogP contribution in [0.4, 0.5) is 10.1 Å². The van der Waals surface area contributed by atoms with Crippen LogP contribution >= 0.6 is 0 Å². The molecule has 32 heavy (non-hydrogen) atoms. The first-order chi connectivity index (χ1) is 15.6. The first kappa shape index (κ1) is 20.1. The van der Waals surface area contributed by atoms with E-state index in [0.29, 0.717) is 31.7 Å². The quantitative estimate of drug-likeness (QED) is 0.476. The molecule has 5 rings (SSSR count). The van der Waals surface area contributed by atoms with Crippen LogP contribution in [0.2, 0.25) is 0 Å². The number of amides is 1. The van der Waals surface area contributed by atoms with Gasteiger partial charge in [0.2, 0.25) is 0 Å². The van der Waals surface area contributed by atoms with Crippen molar-refractivity contribution in [1.82, 2.24) is 14.9 Å². The smallest absolute Gasteiger partial charge is 0.254 e. The van der Waals surface area contributed by atoms with Gasteiger partial charge in [0, 0.05) is 55.2 Å². The van der Waals surface area contributed by atoms with Gasteiger partial charge in [-0.3, -0.25) is 9.78 Å². The standard InChI is InChI=1S/C26H23FN4O/c1-18-2-7-24-22(16-18)23(17-25(29-24)19-8-10-28-11-9-19)26(32)31-14-12-30(13-15-31)21-5-3-20(27)4-6-21/h2-11,16-17H,12-15H2,1H3. The van der Waals surface area contributed by atoms with Crippen molar-refractivity contribution < 1.29 is 9.18 Å². The van der Waals surface area contributed by atoms with Gasteiger partial charge in [-0.1, -0.05) is 11.6 Å². The number of halogens is 1. The van der Waals surface area contributed by atoms with Crippen LogP contribution in [0.25, 0.3) is 22.2 Å². The van der Waals surface area contributed by atoms with Gasteiger partial charge in [-0.15, -0.1) is 0 Å². The maximum atomic E-state index is 13.6. The van der Waals surface area contributed by atoms with E-state index in [4.69, 9.17) is 4.98 Å². The highest BCUT2D eigenvalue weighted by molar-refractivity contribution is 6.07. The summed E-state index contributed by atoms with van der Waals surface area (Å²) in [6.45, 7) is 4.64. The second kappa shape index (κ2) is 8.38. The number of rotatable bonds is 3. The molecule has 0 atom stereocenters. The maximum Gasteiger partial charge on any atom is 0.254 e. The Labute approximate surface area is 186 Å². The fraction of sp³-hybridized carbons (Fsp3) is 0.192. The number of piperazine rings is 1. The van der Waals surface area contributed by atoms with Crippen molar-refractivity contribution in [2.75, 3.05) is 31.1 Å². The number of nitrogens with zero attached hydrogens (tertiary/aromatic N) is 4. The van der Waals surface area contributed by atoms with Gasteiger partial charge in [-0.2, -0.15) is 0 Å². The first-order valence-corrected chi connectivity index (χ1v) is 10.7. The van der Waals surface area contributed by atoms with E-state index in [1.165, 1.54) is 12.1 Å². The van der Waals surface area contributed by atoms with Crippen LogP contribution in [0.1, 0.15) is 15.9 Å². The molecule has 0 spiro atoms. The van der Waals surface area contributed by atoms with Crippen LogP contribution in [0, 0.1) is 12.7 Å². The predicted molar refractivity (Wildman–Crippen MR) is 124 cm³/mol. The Hall–Kier alpha value is -3.80. The van der Waals surface area contributed by atoms with Crippen LogP contribution in [-0.2, 0) is 0 Å².